The average Bonchev–Trinajstić information content (AvgIpc) is 2.16. The molecule has 0 saturated carbocycles. The molecular weight excluding hydrogens is 291 g/mol. The summed E-state index contributed by atoms with van der Waals surface area (Å²) in [5, 5.41) is 3.26. The quantitative estimate of drug-likeness (QED) is 0.869. The van der Waals surface area contributed by atoms with Crippen molar-refractivity contribution in [2.75, 3.05) is 0 Å². The molecule has 0 spiro atoms. The Morgan fingerprint density at radius 1 is 1.62 bits per heavy atom. The molecule has 1 N–H and O–H groups in total. The lowest BCUT2D eigenvalue weighted by Gasteiger charge is -2.15. The number of hydrogen-bond donors (Lipinski definition) is 1. The molecule has 0 fully saturated rings. The molecule has 1 rings (SSSR count). The van der Waals surface area contributed by atoms with Gasteiger partial charge >= 0.3 is 0 Å². The van der Waals surface area contributed by atoms with Crippen LogP contribution in [0.2, 0.25) is 5.02 Å². The Labute approximate surface area is 109 Å². The van der Waals surface area contributed by atoms with Gasteiger partial charge in [-0.1, -0.05) is 34.5 Å². The minimum atomic E-state index is -0.159. The van der Waals surface area contributed by atoms with Crippen molar-refractivity contribution >= 4 is 33.4 Å². The third kappa shape index (κ3) is 4.10. The zero-order chi connectivity index (χ0) is 12.1. The molecule has 0 saturated heterocycles. The Kier molecular flexibility index (Phi) is 5.22. The summed E-state index contributed by atoms with van der Waals surface area (Å²) in [7, 11) is 0. The van der Waals surface area contributed by atoms with E-state index >= 15 is 0 Å². The van der Waals surface area contributed by atoms with Crippen molar-refractivity contribution in [1.82, 2.24) is 10.3 Å². The standard InChI is InChI=1S/C11H14BrClN2O/c1-7(12)5-8(2)15-11(16)9-3-4-14-6-10(9)13/h3-4,6-8H,5H2,1-2H3,(H,15,16). The second kappa shape index (κ2) is 6.21. The van der Waals surface area contributed by atoms with Gasteiger partial charge in [-0.3, -0.25) is 9.78 Å². The number of aromatic nitrogens is 1. The minimum absolute atomic E-state index is 0.103. The number of hydrogen-bond acceptors (Lipinski definition) is 2. The number of amides is 1. The first-order chi connectivity index (χ1) is 7.50. The van der Waals surface area contributed by atoms with E-state index in [1.54, 1.807) is 12.3 Å². The summed E-state index contributed by atoms with van der Waals surface area (Å²) >= 11 is 9.32. The Bertz CT molecular complexity index is 371. The summed E-state index contributed by atoms with van der Waals surface area (Å²) < 4.78 is 0. The number of pyridine rings is 1. The van der Waals surface area contributed by atoms with Crippen LogP contribution in [0.25, 0.3) is 0 Å². The zero-order valence-electron chi connectivity index (χ0n) is 9.21. The molecule has 0 radical (unpaired) electrons. The fourth-order valence-electron chi connectivity index (χ4n) is 1.41. The maximum Gasteiger partial charge on any atom is 0.253 e. The van der Waals surface area contributed by atoms with Gasteiger partial charge in [-0.05, 0) is 19.4 Å². The smallest absolute Gasteiger partial charge is 0.253 e. The second-order valence-electron chi connectivity index (χ2n) is 3.75. The lowest BCUT2D eigenvalue weighted by Crippen LogP contribution is -2.34. The first-order valence-corrected chi connectivity index (χ1v) is 6.34. The van der Waals surface area contributed by atoms with Crippen molar-refractivity contribution in [3.05, 3.63) is 29.0 Å². The van der Waals surface area contributed by atoms with Crippen molar-refractivity contribution in [3.63, 3.8) is 0 Å². The van der Waals surface area contributed by atoms with Crippen LogP contribution in [0.3, 0.4) is 0 Å². The van der Waals surface area contributed by atoms with Gasteiger partial charge < -0.3 is 5.32 Å². The van der Waals surface area contributed by atoms with Crippen LogP contribution in [0.1, 0.15) is 30.6 Å². The van der Waals surface area contributed by atoms with Gasteiger partial charge in [0.05, 0.1) is 10.6 Å². The predicted molar refractivity (Wildman–Crippen MR) is 69.2 cm³/mol. The largest absolute Gasteiger partial charge is 0.349 e. The molecule has 88 valence electrons. The number of carbonyl (C=O) groups excluding carboxylic acids is 1. The molecular formula is C11H14BrClN2O. The molecule has 0 bridgehead atoms. The topological polar surface area (TPSA) is 42.0 Å². The third-order valence-corrected chi connectivity index (χ3v) is 2.75. The van der Waals surface area contributed by atoms with E-state index in [4.69, 9.17) is 11.6 Å². The molecule has 1 aromatic rings. The van der Waals surface area contributed by atoms with E-state index in [1.807, 2.05) is 13.8 Å². The van der Waals surface area contributed by atoms with E-state index in [0.717, 1.165) is 6.42 Å². The Morgan fingerprint density at radius 3 is 2.88 bits per heavy atom. The van der Waals surface area contributed by atoms with Crippen LogP contribution in [-0.2, 0) is 0 Å². The second-order valence-corrected chi connectivity index (χ2v) is 5.72. The first-order valence-electron chi connectivity index (χ1n) is 5.05. The van der Waals surface area contributed by atoms with Crippen molar-refractivity contribution in [2.24, 2.45) is 0 Å². The number of nitrogens with zero attached hydrogens (tertiary/aromatic N) is 1. The van der Waals surface area contributed by atoms with Gasteiger partial charge in [-0.15, -0.1) is 0 Å². The van der Waals surface area contributed by atoms with Gasteiger partial charge in [0.1, 0.15) is 0 Å². The number of nitrogens with one attached hydrogen (secondary N) is 1. The first kappa shape index (κ1) is 13.5. The lowest BCUT2D eigenvalue weighted by atomic mass is 10.1. The maximum absolute atomic E-state index is 11.8. The molecule has 2 atom stereocenters. The summed E-state index contributed by atoms with van der Waals surface area (Å²) in [5.74, 6) is -0.159. The molecule has 5 heteroatoms. The summed E-state index contributed by atoms with van der Waals surface area (Å²) in [4.78, 5) is 16.0. The highest BCUT2D eigenvalue weighted by Gasteiger charge is 2.13. The summed E-state index contributed by atoms with van der Waals surface area (Å²) in [6.07, 6.45) is 3.89. The van der Waals surface area contributed by atoms with E-state index in [2.05, 4.69) is 26.2 Å². The van der Waals surface area contributed by atoms with Crippen molar-refractivity contribution in [3.8, 4) is 0 Å². The van der Waals surface area contributed by atoms with E-state index in [9.17, 15) is 4.79 Å². The van der Waals surface area contributed by atoms with Gasteiger partial charge in [-0.2, -0.15) is 0 Å². The van der Waals surface area contributed by atoms with Gasteiger partial charge in [0.2, 0.25) is 0 Å². The highest BCUT2D eigenvalue weighted by Crippen LogP contribution is 2.14. The predicted octanol–water partition coefficient (Wildman–Crippen LogP) is 3.03. The molecule has 0 aliphatic rings. The zero-order valence-corrected chi connectivity index (χ0v) is 11.5. The number of carbonyl (C=O) groups is 1. The van der Waals surface area contributed by atoms with Gasteiger partial charge in [0, 0.05) is 23.3 Å². The minimum Gasteiger partial charge on any atom is -0.349 e. The van der Waals surface area contributed by atoms with Crippen LogP contribution in [0.5, 0.6) is 0 Å². The highest BCUT2D eigenvalue weighted by molar-refractivity contribution is 9.09. The molecule has 0 aromatic carbocycles. The number of halogens is 2. The van der Waals surface area contributed by atoms with E-state index in [0.29, 0.717) is 15.4 Å². The monoisotopic (exact) mass is 304 g/mol. The lowest BCUT2D eigenvalue weighted by molar-refractivity contribution is 0.0939. The molecule has 3 nitrogen and oxygen atoms in total. The van der Waals surface area contributed by atoms with Gasteiger partial charge in [0.25, 0.3) is 5.91 Å². The van der Waals surface area contributed by atoms with Crippen molar-refractivity contribution in [1.29, 1.82) is 0 Å². The molecule has 0 aliphatic carbocycles. The van der Waals surface area contributed by atoms with Crippen LogP contribution in [0, 0.1) is 0 Å². The normalized spacial score (nSPS) is 14.2. The average molecular weight is 306 g/mol. The molecule has 16 heavy (non-hydrogen) atoms. The molecule has 1 heterocycles. The third-order valence-electron chi connectivity index (χ3n) is 2.07. The Morgan fingerprint density at radius 2 is 2.31 bits per heavy atom. The van der Waals surface area contributed by atoms with Crippen LogP contribution in [0.4, 0.5) is 0 Å². The summed E-state index contributed by atoms with van der Waals surface area (Å²) in [6, 6.07) is 1.72. The summed E-state index contributed by atoms with van der Waals surface area (Å²) in [5.41, 5.74) is 0.464. The van der Waals surface area contributed by atoms with Crippen LogP contribution < -0.4 is 5.32 Å². The Balaban J connectivity index is 2.63. The van der Waals surface area contributed by atoms with E-state index in [-0.39, 0.29) is 11.9 Å². The van der Waals surface area contributed by atoms with Gasteiger partial charge in [-0.25, -0.2) is 0 Å². The van der Waals surface area contributed by atoms with Crippen LogP contribution >= 0.6 is 27.5 Å². The maximum atomic E-state index is 11.8. The fourth-order valence-corrected chi connectivity index (χ4v) is 2.17. The molecule has 1 aromatic heterocycles. The molecule has 0 aliphatic heterocycles. The number of rotatable bonds is 4. The van der Waals surface area contributed by atoms with Gasteiger partial charge in [0.15, 0.2) is 0 Å². The SMILES string of the molecule is CC(Br)CC(C)NC(=O)c1ccncc1Cl. The highest BCUT2D eigenvalue weighted by atomic mass is 79.9. The van der Waals surface area contributed by atoms with E-state index < -0.39 is 0 Å². The van der Waals surface area contributed by atoms with Crippen molar-refractivity contribution in [2.45, 2.75) is 31.1 Å². The van der Waals surface area contributed by atoms with Crippen molar-refractivity contribution < 1.29 is 4.79 Å². The molecule has 2 unspecified atom stereocenters. The summed E-state index contributed by atoms with van der Waals surface area (Å²) in [6.45, 7) is 4.01. The van der Waals surface area contributed by atoms with Crippen LogP contribution in [0.15, 0.2) is 18.5 Å². The Hall–Kier alpha value is -0.610. The van der Waals surface area contributed by atoms with Crippen LogP contribution in [-0.4, -0.2) is 21.8 Å². The number of alkyl halides is 1. The molecule has 1 amide bonds. The van der Waals surface area contributed by atoms with E-state index in [1.165, 1.54) is 6.20 Å². The fraction of sp³-hybridized carbons (Fsp3) is 0.455.